The third-order valence-corrected chi connectivity index (χ3v) is 1.95. The van der Waals surface area contributed by atoms with E-state index in [2.05, 4.69) is 37.9 Å². The standard InChI is InChI=1S/C11H17N/c1-9(2)4-6-11-7-5-10(3)8-12-11/h5,7-9H,4,6H2,1-3H3. The lowest BCUT2D eigenvalue weighted by molar-refractivity contribution is 0.581. The molecule has 0 aliphatic carbocycles. The number of hydrogen-bond donors (Lipinski definition) is 0. The maximum absolute atomic E-state index is 4.35. The van der Waals surface area contributed by atoms with E-state index < -0.39 is 0 Å². The highest BCUT2D eigenvalue weighted by Crippen LogP contribution is 2.06. The number of pyridine rings is 1. The second-order valence-electron chi connectivity index (χ2n) is 3.76. The van der Waals surface area contributed by atoms with E-state index in [-0.39, 0.29) is 0 Å². The summed E-state index contributed by atoms with van der Waals surface area (Å²) < 4.78 is 0. The van der Waals surface area contributed by atoms with E-state index in [1.54, 1.807) is 0 Å². The lowest BCUT2D eigenvalue weighted by atomic mass is 10.1. The summed E-state index contributed by atoms with van der Waals surface area (Å²) in [6.45, 7) is 6.56. The van der Waals surface area contributed by atoms with Crippen LogP contribution in [0.3, 0.4) is 0 Å². The molecule has 0 spiro atoms. The van der Waals surface area contributed by atoms with Gasteiger partial charge in [0.05, 0.1) is 0 Å². The van der Waals surface area contributed by atoms with Gasteiger partial charge in [-0.1, -0.05) is 19.9 Å². The van der Waals surface area contributed by atoms with Gasteiger partial charge in [0.2, 0.25) is 0 Å². The minimum Gasteiger partial charge on any atom is -0.261 e. The Morgan fingerprint density at radius 1 is 1.33 bits per heavy atom. The minimum absolute atomic E-state index is 0.771. The number of aryl methyl sites for hydroxylation is 2. The Labute approximate surface area is 74.8 Å². The van der Waals surface area contributed by atoms with Gasteiger partial charge in [-0.15, -0.1) is 0 Å². The molecule has 0 aromatic carbocycles. The van der Waals surface area contributed by atoms with E-state index in [9.17, 15) is 0 Å². The van der Waals surface area contributed by atoms with Crippen LogP contribution in [-0.2, 0) is 6.42 Å². The predicted octanol–water partition coefficient (Wildman–Crippen LogP) is 2.98. The van der Waals surface area contributed by atoms with Crippen molar-refractivity contribution in [1.82, 2.24) is 4.98 Å². The Morgan fingerprint density at radius 2 is 2.08 bits per heavy atom. The van der Waals surface area contributed by atoms with Crippen molar-refractivity contribution in [3.8, 4) is 0 Å². The summed E-state index contributed by atoms with van der Waals surface area (Å²) >= 11 is 0. The van der Waals surface area contributed by atoms with Crippen molar-refractivity contribution >= 4 is 0 Å². The van der Waals surface area contributed by atoms with Crippen molar-refractivity contribution in [2.75, 3.05) is 0 Å². The lowest BCUT2D eigenvalue weighted by Gasteiger charge is -2.03. The Balaban J connectivity index is 2.48. The first kappa shape index (κ1) is 9.24. The van der Waals surface area contributed by atoms with E-state index in [0.717, 1.165) is 12.3 Å². The predicted molar refractivity (Wildman–Crippen MR) is 52.1 cm³/mol. The fraction of sp³-hybridized carbons (Fsp3) is 0.545. The molecule has 1 heterocycles. The molecular weight excluding hydrogens is 146 g/mol. The highest BCUT2D eigenvalue weighted by Gasteiger charge is 1.96. The quantitative estimate of drug-likeness (QED) is 0.667. The Bertz CT molecular complexity index is 223. The first-order valence-electron chi connectivity index (χ1n) is 4.60. The van der Waals surface area contributed by atoms with Gasteiger partial charge in [0, 0.05) is 11.9 Å². The van der Waals surface area contributed by atoms with Crippen molar-refractivity contribution in [3.05, 3.63) is 29.6 Å². The highest BCUT2D eigenvalue weighted by molar-refractivity contribution is 5.12. The maximum atomic E-state index is 4.35. The third-order valence-electron chi connectivity index (χ3n) is 1.95. The normalized spacial score (nSPS) is 10.7. The van der Waals surface area contributed by atoms with Crippen LogP contribution < -0.4 is 0 Å². The molecule has 1 rings (SSSR count). The number of rotatable bonds is 3. The maximum Gasteiger partial charge on any atom is 0.0403 e. The van der Waals surface area contributed by atoms with E-state index in [4.69, 9.17) is 0 Å². The van der Waals surface area contributed by atoms with Gasteiger partial charge in [-0.2, -0.15) is 0 Å². The molecule has 0 N–H and O–H groups in total. The molecule has 0 atom stereocenters. The number of aromatic nitrogens is 1. The molecule has 0 saturated heterocycles. The summed E-state index contributed by atoms with van der Waals surface area (Å²) in [7, 11) is 0. The van der Waals surface area contributed by atoms with Gasteiger partial charge >= 0.3 is 0 Å². The fourth-order valence-electron chi connectivity index (χ4n) is 1.08. The molecule has 0 saturated carbocycles. The van der Waals surface area contributed by atoms with Crippen LogP contribution in [0, 0.1) is 12.8 Å². The second-order valence-corrected chi connectivity index (χ2v) is 3.76. The number of hydrogen-bond acceptors (Lipinski definition) is 1. The van der Waals surface area contributed by atoms with E-state index in [1.165, 1.54) is 17.7 Å². The Morgan fingerprint density at radius 3 is 2.58 bits per heavy atom. The first-order chi connectivity index (χ1) is 5.68. The average molecular weight is 163 g/mol. The summed E-state index contributed by atoms with van der Waals surface area (Å²) in [5.74, 6) is 0.771. The second kappa shape index (κ2) is 4.24. The van der Waals surface area contributed by atoms with Crippen molar-refractivity contribution in [2.45, 2.75) is 33.6 Å². The molecule has 1 heteroatoms. The zero-order chi connectivity index (χ0) is 8.97. The molecule has 0 amide bonds. The molecular formula is C11H17N. The Hall–Kier alpha value is -0.850. The van der Waals surface area contributed by atoms with Gasteiger partial charge in [-0.3, -0.25) is 4.98 Å². The zero-order valence-electron chi connectivity index (χ0n) is 8.17. The van der Waals surface area contributed by atoms with Crippen LogP contribution >= 0.6 is 0 Å². The summed E-state index contributed by atoms with van der Waals surface area (Å²) in [4.78, 5) is 4.35. The van der Waals surface area contributed by atoms with E-state index in [0.29, 0.717) is 0 Å². The molecule has 1 aromatic rings. The topological polar surface area (TPSA) is 12.9 Å². The van der Waals surface area contributed by atoms with Crippen LogP contribution in [0.4, 0.5) is 0 Å². The smallest absolute Gasteiger partial charge is 0.0403 e. The molecule has 0 aliphatic rings. The van der Waals surface area contributed by atoms with Gasteiger partial charge in [0.1, 0.15) is 0 Å². The first-order valence-corrected chi connectivity index (χ1v) is 4.60. The molecule has 66 valence electrons. The van der Waals surface area contributed by atoms with Gasteiger partial charge < -0.3 is 0 Å². The van der Waals surface area contributed by atoms with Crippen LogP contribution in [0.2, 0.25) is 0 Å². The molecule has 1 aromatic heterocycles. The molecule has 0 radical (unpaired) electrons. The van der Waals surface area contributed by atoms with Crippen LogP contribution in [0.5, 0.6) is 0 Å². The van der Waals surface area contributed by atoms with Gasteiger partial charge in [0.25, 0.3) is 0 Å². The minimum atomic E-state index is 0.771. The van der Waals surface area contributed by atoms with Crippen molar-refractivity contribution in [2.24, 2.45) is 5.92 Å². The largest absolute Gasteiger partial charge is 0.261 e. The molecule has 12 heavy (non-hydrogen) atoms. The van der Waals surface area contributed by atoms with E-state index in [1.807, 2.05) is 6.20 Å². The molecule has 0 fully saturated rings. The summed E-state index contributed by atoms with van der Waals surface area (Å²) in [5.41, 5.74) is 2.46. The zero-order valence-corrected chi connectivity index (χ0v) is 8.17. The van der Waals surface area contributed by atoms with Crippen molar-refractivity contribution in [3.63, 3.8) is 0 Å². The molecule has 0 bridgehead atoms. The average Bonchev–Trinajstić information content (AvgIpc) is 2.03. The van der Waals surface area contributed by atoms with Gasteiger partial charge in [-0.25, -0.2) is 0 Å². The van der Waals surface area contributed by atoms with Gasteiger partial charge in [0.15, 0.2) is 0 Å². The monoisotopic (exact) mass is 163 g/mol. The lowest BCUT2D eigenvalue weighted by Crippen LogP contribution is -1.94. The van der Waals surface area contributed by atoms with Crippen LogP contribution in [0.25, 0.3) is 0 Å². The van der Waals surface area contributed by atoms with E-state index >= 15 is 0 Å². The summed E-state index contributed by atoms with van der Waals surface area (Å²) in [6.07, 6.45) is 4.28. The van der Waals surface area contributed by atoms with Crippen LogP contribution in [0.1, 0.15) is 31.5 Å². The summed E-state index contributed by atoms with van der Waals surface area (Å²) in [6, 6.07) is 4.25. The SMILES string of the molecule is Cc1ccc(CCC(C)C)nc1. The Kier molecular flexibility index (Phi) is 3.27. The van der Waals surface area contributed by atoms with Crippen molar-refractivity contribution in [1.29, 1.82) is 0 Å². The number of nitrogens with zero attached hydrogens (tertiary/aromatic N) is 1. The van der Waals surface area contributed by atoms with Crippen LogP contribution in [-0.4, -0.2) is 4.98 Å². The van der Waals surface area contributed by atoms with Crippen LogP contribution in [0.15, 0.2) is 18.3 Å². The molecule has 0 unspecified atom stereocenters. The fourth-order valence-corrected chi connectivity index (χ4v) is 1.08. The molecule has 1 nitrogen and oxygen atoms in total. The van der Waals surface area contributed by atoms with Gasteiger partial charge in [-0.05, 0) is 37.3 Å². The van der Waals surface area contributed by atoms with Crippen molar-refractivity contribution < 1.29 is 0 Å². The molecule has 0 aliphatic heterocycles. The summed E-state index contributed by atoms with van der Waals surface area (Å²) in [5, 5.41) is 0. The highest BCUT2D eigenvalue weighted by atomic mass is 14.7. The third kappa shape index (κ3) is 3.04.